The Hall–Kier alpha value is -2.52. The number of rotatable bonds is 4. The first-order chi connectivity index (χ1) is 13.6. The van der Waals surface area contributed by atoms with Crippen molar-refractivity contribution < 1.29 is 33.4 Å². The van der Waals surface area contributed by atoms with Gasteiger partial charge in [0.25, 0.3) is 6.29 Å². The van der Waals surface area contributed by atoms with E-state index in [1.165, 1.54) is 0 Å². The summed E-state index contributed by atoms with van der Waals surface area (Å²) in [4.78, 5) is 51.2. The van der Waals surface area contributed by atoms with Crippen LogP contribution in [0.1, 0.15) is 20.8 Å². The largest absolute Gasteiger partial charge is 0.422 e. The minimum Gasteiger partial charge on any atom is -0.422 e. The quantitative estimate of drug-likeness (QED) is 0.291. The molecule has 2 amide bonds. The first-order valence-corrected chi connectivity index (χ1v) is 9.77. The zero-order valence-corrected chi connectivity index (χ0v) is 17.5. The Morgan fingerprint density at radius 2 is 1.66 bits per heavy atom. The zero-order chi connectivity index (χ0) is 21.1. The summed E-state index contributed by atoms with van der Waals surface area (Å²) in [6, 6.07) is 6.87. The highest BCUT2D eigenvalue weighted by molar-refractivity contribution is 9.10. The third kappa shape index (κ3) is 2.75. The van der Waals surface area contributed by atoms with E-state index >= 15 is 0 Å². The van der Waals surface area contributed by atoms with Gasteiger partial charge in [0.2, 0.25) is 11.8 Å². The number of hydrogen-bond acceptors (Lipinski definition) is 7. The maximum atomic E-state index is 13.5. The Morgan fingerprint density at radius 3 is 2.24 bits per heavy atom. The van der Waals surface area contributed by atoms with Crippen LogP contribution in [0.25, 0.3) is 0 Å². The molecule has 3 aliphatic heterocycles. The predicted molar refractivity (Wildman–Crippen MR) is 102 cm³/mol. The Balaban J connectivity index is 1.81. The molecule has 4 atom stereocenters. The van der Waals surface area contributed by atoms with Gasteiger partial charge in [0.1, 0.15) is 0 Å². The molecule has 0 radical (unpaired) electrons. The normalized spacial score (nSPS) is 32.1. The molecule has 4 rings (SSSR count). The molecule has 1 aromatic carbocycles. The van der Waals surface area contributed by atoms with E-state index in [0.29, 0.717) is 10.2 Å². The van der Waals surface area contributed by atoms with Gasteiger partial charge >= 0.3 is 11.9 Å². The highest BCUT2D eigenvalue weighted by Crippen LogP contribution is 2.59. The molecule has 0 spiro atoms. The predicted octanol–water partition coefficient (Wildman–Crippen LogP) is 2.10. The van der Waals surface area contributed by atoms with E-state index in [-0.39, 0.29) is 0 Å². The molecule has 29 heavy (non-hydrogen) atoms. The highest BCUT2D eigenvalue weighted by Gasteiger charge is 2.76. The molecular weight excluding hydrogens is 446 g/mol. The van der Waals surface area contributed by atoms with Gasteiger partial charge in [-0.1, -0.05) is 18.2 Å². The molecule has 3 aliphatic rings. The fourth-order valence-electron chi connectivity index (χ4n) is 4.43. The first kappa shape index (κ1) is 19.8. The lowest BCUT2D eigenvalue weighted by atomic mass is 9.72. The second-order valence-corrected chi connectivity index (χ2v) is 8.30. The number of carbonyl (C=O) groups is 4. The monoisotopic (exact) mass is 463 g/mol. The van der Waals surface area contributed by atoms with Gasteiger partial charge in [-0.05, 0) is 41.1 Å². The molecule has 9 heteroatoms. The third-order valence-corrected chi connectivity index (χ3v) is 6.16. The van der Waals surface area contributed by atoms with Gasteiger partial charge < -0.3 is 14.2 Å². The van der Waals surface area contributed by atoms with Crippen molar-refractivity contribution in [1.82, 2.24) is 0 Å². The summed E-state index contributed by atoms with van der Waals surface area (Å²) in [6.07, 6.45) is 1.71. The Bertz CT molecular complexity index is 959. The van der Waals surface area contributed by atoms with Crippen LogP contribution >= 0.6 is 15.9 Å². The summed E-state index contributed by atoms with van der Waals surface area (Å²) in [5, 5.41) is 0. The van der Waals surface area contributed by atoms with Crippen molar-refractivity contribution >= 4 is 45.4 Å². The Morgan fingerprint density at radius 1 is 1.07 bits per heavy atom. The highest BCUT2D eigenvalue weighted by atomic mass is 79.9. The van der Waals surface area contributed by atoms with Gasteiger partial charge in [0.05, 0.1) is 23.1 Å². The summed E-state index contributed by atoms with van der Waals surface area (Å²) in [7, 11) is 0. The van der Waals surface area contributed by atoms with E-state index in [2.05, 4.69) is 15.9 Å². The Labute approximate surface area is 174 Å². The van der Waals surface area contributed by atoms with Crippen molar-refractivity contribution in [3.05, 3.63) is 40.9 Å². The summed E-state index contributed by atoms with van der Waals surface area (Å²) in [5.41, 5.74) is -2.28. The number of fused-ring (bicyclic) bond motifs is 5. The Kier molecular flexibility index (Phi) is 4.43. The molecule has 1 aromatic rings. The molecule has 152 valence electrons. The van der Waals surface area contributed by atoms with Gasteiger partial charge in [-0.25, -0.2) is 4.90 Å². The van der Waals surface area contributed by atoms with Crippen LogP contribution in [0.2, 0.25) is 0 Å². The van der Waals surface area contributed by atoms with Gasteiger partial charge in [-0.2, -0.15) is 0 Å². The second kappa shape index (κ2) is 6.50. The van der Waals surface area contributed by atoms with Crippen molar-refractivity contribution in [2.24, 2.45) is 11.8 Å². The lowest BCUT2D eigenvalue weighted by Crippen LogP contribution is -2.52. The van der Waals surface area contributed by atoms with Crippen molar-refractivity contribution in [3.63, 3.8) is 0 Å². The summed E-state index contributed by atoms with van der Waals surface area (Å²) in [6.45, 7) is 4.00. The minimum absolute atomic E-state index is 0.409. The number of amides is 2. The van der Waals surface area contributed by atoms with Crippen LogP contribution < -0.4 is 4.90 Å². The molecule has 8 nitrogen and oxygen atoms in total. The first-order valence-electron chi connectivity index (χ1n) is 8.98. The lowest BCUT2D eigenvalue weighted by Gasteiger charge is -2.34. The van der Waals surface area contributed by atoms with E-state index in [9.17, 15) is 19.2 Å². The van der Waals surface area contributed by atoms with Gasteiger partial charge in [-0.15, -0.1) is 0 Å². The summed E-state index contributed by atoms with van der Waals surface area (Å²) >= 11 is 3.38. The average molecular weight is 464 g/mol. The number of anilines is 1. The van der Waals surface area contributed by atoms with Gasteiger partial charge in [-0.3, -0.25) is 19.2 Å². The number of para-hydroxylation sites is 1. The molecular formula is C20H18BrNO7. The van der Waals surface area contributed by atoms with Gasteiger partial charge in [0, 0.05) is 18.3 Å². The minimum atomic E-state index is -1.58. The zero-order valence-electron chi connectivity index (χ0n) is 15.9. The van der Waals surface area contributed by atoms with Gasteiger partial charge in [0.15, 0.2) is 5.60 Å². The molecule has 0 aromatic heterocycles. The number of halogens is 1. The second-order valence-electron chi connectivity index (χ2n) is 7.44. The van der Waals surface area contributed by atoms with E-state index in [4.69, 9.17) is 14.2 Å². The summed E-state index contributed by atoms with van der Waals surface area (Å²) in [5.74, 6) is -4.21. The standard InChI is InChI=1S/C20H18BrNO7/c1-10(23)27-18(28-11(2)24)20-9-8-19(3,29-20)14-15(20)17(26)22(16(14)25)13-7-5-4-6-12(13)21/h4-9,14-15,18H,1-3H3/t14-,15-,19-,20+/m1/s1. The van der Waals surface area contributed by atoms with E-state index in [1.807, 2.05) is 0 Å². The number of esters is 2. The number of ether oxygens (including phenoxy) is 3. The number of benzene rings is 1. The van der Waals surface area contributed by atoms with Crippen molar-refractivity contribution in [2.45, 2.75) is 38.3 Å². The van der Waals surface area contributed by atoms with Crippen LogP contribution in [0.5, 0.6) is 0 Å². The maximum Gasteiger partial charge on any atom is 0.305 e. The van der Waals surface area contributed by atoms with Crippen LogP contribution in [0, 0.1) is 11.8 Å². The number of imide groups is 1. The summed E-state index contributed by atoms with van der Waals surface area (Å²) < 4.78 is 17.1. The molecule has 0 aliphatic carbocycles. The molecule has 2 saturated heterocycles. The molecule has 3 heterocycles. The third-order valence-electron chi connectivity index (χ3n) is 5.49. The lowest BCUT2D eigenvalue weighted by molar-refractivity contribution is -0.231. The van der Waals surface area contributed by atoms with Crippen LogP contribution in [0.4, 0.5) is 5.69 Å². The number of carbonyl (C=O) groups excluding carboxylic acids is 4. The fraction of sp³-hybridized carbons (Fsp3) is 0.400. The van der Waals surface area contributed by atoms with Crippen LogP contribution in [0.15, 0.2) is 40.9 Å². The van der Waals surface area contributed by atoms with Crippen LogP contribution in [-0.2, 0) is 33.4 Å². The van der Waals surface area contributed by atoms with Crippen LogP contribution in [0.3, 0.4) is 0 Å². The topological polar surface area (TPSA) is 99.2 Å². The smallest absolute Gasteiger partial charge is 0.305 e. The SMILES string of the molecule is CC(=O)OC(OC(C)=O)[C@@]12C=C[C@@](C)(O1)[C@H]1C(=O)N(c3ccccc3Br)C(=O)[C@@H]12. The molecule has 0 saturated carbocycles. The number of nitrogens with zero attached hydrogens (tertiary/aromatic N) is 1. The molecule has 2 bridgehead atoms. The van der Waals surface area contributed by atoms with E-state index < -0.39 is 53.1 Å². The van der Waals surface area contributed by atoms with E-state index in [0.717, 1.165) is 18.7 Å². The average Bonchev–Trinajstić information content (AvgIpc) is 3.21. The van der Waals surface area contributed by atoms with E-state index in [1.54, 1.807) is 43.3 Å². The van der Waals surface area contributed by atoms with Crippen molar-refractivity contribution in [1.29, 1.82) is 0 Å². The molecule has 0 N–H and O–H groups in total. The molecule has 0 unspecified atom stereocenters. The van der Waals surface area contributed by atoms with Crippen molar-refractivity contribution in [3.8, 4) is 0 Å². The van der Waals surface area contributed by atoms with Crippen molar-refractivity contribution in [2.75, 3.05) is 4.90 Å². The molecule has 2 fully saturated rings. The van der Waals surface area contributed by atoms with Crippen LogP contribution in [-0.4, -0.2) is 41.2 Å². The number of hydrogen-bond donors (Lipinski definition) is 0. The maximum absolute atomic E-state index is 13.5. The fourth-order valence-corrected chi connectivity index (χ4v) is 4.90.